The third kappa shape index (κ3) is 3.87. The Morgan fingerprint density at radius 1 is 1.23 bits per heavy atom. The second-order valence-corrected chi connectivity index (χ2v) is 8.25. The van der Waals surface area contributed by atoms with Crippen LogP contribution in [0.5, 0.6) is 0 Å². The highest BCUT2D eigenvalue weighted by molar-refractivity contribution is 5.80. The first-order chi connectivity index (χ1) is 12.6. The van der Waals surface area contributed by atoms with Crippen LogP contribution in [0.4, 0.5) is 0 Å². The predicted octanol–water partition coefficient (Wildman–Crippen LogP) is 1.33. The van der Waals surface area contributed by atoms with Gasteiger partial charge in [-0.1, -0.05) is 0 Å². The summed E-state index contributed by atoms with van der Waals surface area (Å²) in [6, 6.07) is 2.05. The summed E-state index contributed by atoms with van der Waals surface area (Å²) in [5, 5.41) is 15.6. The summed E-state index contributed by atoms with van der Waals surface area (Å²) in [6.07, 6.45) is 6.15. The Balaban J connectivity index is 1.33. The van der Waals surface area contributed by atoms with Crippen molar-refractivity contribution in [3.8, 4) is 0 Å². The molecule has 1 saturated heterocycles. The Bertz CT molecular complexity index is 648. The van der Waals surface area contributed by atoms with Gasteiger partial charge in [-0.3, -0.25) is 9.89 Å². The molecule has 7 heteroatoms. The molecule has 3 atom stereocenters. The van der Waals surface area contributed by atoms with Crippen LogP contribution in [-0.2, 0) is 13.0 Å². The van der Waals surface area contributed by atoms with Crippen molar-refractivity contribution in [2.75, 3.05) is 19.6 Å². The predicted molar refractivity (Wildman–Crippen MR) is 103 cm³/mol. The van der Waals surface area contributed by atoms with Crippen LogP contribution in [0.15, 0.2) is 4.99 Å². The molecule has 7 nitrogen and oxygen atoms in total. The summed E-state index contributed by atoms with van der Waals surface area (Å²) in [5.74, 6) is 3.71. The molecule has 2 N–H and O–H groups in total. The van der Waals surface area contributed by atoms with Crippen LogP contribution in [-0.4, -0.2) is 63.4 Å². The van der Waals surface area contributed by atoms with Gasteiger partial charge < -0.3 is 15.2 Å². The number of hydrogen-bond acceptors (Lipinski definition) is 4. The van der Waals surface area contributed by atoms with Crippen LogP contribution < -0.4 is 10.6 Å². The second-order valence-electron chi connectivity index (χ2n) is 8.25. The lowest BCUT2D eigenvalue weighted by Crippen LogP contribution is -2.45. The fraction of sp³-hybridized carbons (Fsp3) is 0.842. The zero-order valence-corrected chi connectivity index (χ0v) is 16.4. The van der Waals surface area contributed by atoms with E-state index in [-0.39, 0.29) is 0 Å². The van der Waals surface area contributed by atoms with E-state index < -0.39 is 0 Å². The molecule has 3 heterocycles. The normalized spacial score (nSPS) is 29.7. The smallest absolute Gasteiger partial charge is 0.191 e. The van der Waals surface area contributed by atoms with Crippen LogP contribution in [0.3, 0.4) is 0 Å². The van der Waals surface area contributed by atoms with E-state index in [4.69, 9.17) is 4.99 Å². The first kappa shape index (κ1) is 17.8. The zero-order valence-electron chi connectivity index (χ0n) is 16.4. The van der Waals surface area contributed by atoms with Crippen molar-refractivity contribution in [2.24, 2.45) is 10.9 Å². The van der Waals surface area contributed by atoms with Crippen molar-refractivity contribution in [3.63, 3.8) is 0 Å². The maximum absolute atomic E-state index is 4.92. The molecule has 1 aliphatic carbocycles. The molecule has 2 aliphatic heterocycles. The summed E-state index contributed by atoms with van der Waals surface area (Å²) < 4.78 is 2.26. The van der Waals surface area contributed by atoms with Crippen molar-refractivity contribution in [2.45, 2.75) is 77.5 Å². The van der Waals surface area contributed by atoms with Gasteiger partial charge in [-0.05, 0) is 52.4 Å². The number of guanidine groups is 1. The fourth-order valence-electron chi connectivity index (χ4n) is 4.49. The van der Waals surface area contributed by atoms with Crippen molar-refractivity contribution in [3.05, 3.63) is 11.6 Å². The second kappa shape index (κ2) is 7.55. The van der Waals surface area contributed by atoms with Gasteiger partial charge in [-0.2, -0.15) is 0 Å². The van der Waals surface area contributed by atoms with E-state index >= 15 is 0 Å². The molecule has 1 aromatic heterocycles. The quantitative estimate of drug-likeness (QED) is 0.613. The minimum atomic E-state index is 0.515. The van der Waals surface area contributed by atoms with E-state index in [0.717, 1.165) is 62.7 Å². The molecule has 3 aliphatic rings. The lowest BCUT2D eigenvalue weighted by Gasteiger charge is -2.23. The summed E-state index contributed by atoms with van der Waals surface area (Å²) >= 11 is 0. The molecule has 4 rings (SSSR count). The van der Waals surface area contributed by atoms with Gasteiger partial charge in [-0.15, -0.1) is 10.2 Å². The van der Waals surface area contributed by atoms with Gasteiger partial charge >= 0.3 is 0 Å². The van der Waals surface area contributed by atoms with Gasteiger partial charge in [0.25, 0.3) is 0 Å². The molecule has 3 unspecified atom stereocenters. The number of aliphatic imine (C=N–C) groups is 1. The lowest BCUT2D eigenvalue weighted by atomic mass is 9.99. The molecular weight excluding hydrogens is 326 g/mol. The summed E-state index contributed by atoms with van der Waals surface area (Å²) in [6.45, 7) is 10.5. The standard InChI is InChI=1S/C19H33N7/c1-4-20-19(22-16-9-13(2)25(12-16)17-6-7-17)21-10-15-5-8-18-24-23-14(3)26(18)11-15/h13,15-17H,4-12H2,1-3H3,(H2,20,21,22). The molecule has 0 bridgehead atoms. The Morgan fingerprint density at radius 2 is 2.08 bits per heavy atom. The third-order valence-corrected chi connectivity index (χ3v) is 6.06. The molecule has 1 aromatic rings. The van der Waals surface area contributed by atoms with E-state index in [9.17, 15) is 0 Å². The molecule has 0 spiro atoms. The summed E-state index contributed by atoms with van der Waals surface area (Å²) in [4.78, 5) is 7.60. The lowest BCUT2D eigenvalue weighted by molar-refractivity contribution is 0.256. The van der Waals surface area contributed by atoms with Gasteiger partial charge in [0.1, 0.15) is 11.6 Å². The fourth-order valence-corrected chi connectivity index (χ4v) is 4.49. The van der Waals surface area contributed by atoms with Crippen LogP contribution in [0, 0.1) is 12.8 Å². The number of likely N-dealkylation sites (tertiary alicyclic amines) is 1. The third-order valence-electron chi connectivity index (χ3n) is 6.06. The number of rotatable bonds is 5. The Morgan fingerprint density at radius 3 is 2.85 bits per heavy atom. The maximum Gasteiger partial charge on any atom is 0.191 e. The van der Waals surface area contributed by atoms with Crippen molar-refractivity contribution < 1.29 is 0 Å². The topological polar surface area (TPSA) is 70.4 Å². The van der Waals surface area contributed by atoms with Gasteiger partial charge in [0.05, 0.1) is 0 Å². The van der Waals surface area contributed by atoms with E-state index in [1.807, 2.05) is 6.92 Å². The minimum absolute atomic E-state index is 0.515. The van der Waals surface area contributed by atoms with Crippen molar-refractivity contribution in [1.29, 1.82) is 0 Å². The zero-order chi connectivity index (χ0) is 18.1. The van der Waals surface area contributed by atoms with E-state index in [1.165, 1.54) is 19.3 Å². The molecule has 144 valence electrons. The number of aromatic nitrogens is 3. The highest BCUT2D eigenvalue weighted by Gasteiger charge is 2.38. The number of aryl methyl sites for hydroxylation is 2. The minimum Gasteiger partial charge on any atom is -0.357 e. The van der Waals surface area contributed by atoms with E-state index in [2.05, 4.69) is 44.1 Å². The van der Waals surface area contributed by atoms with Crippen LogP contribution in [0.25, 0.3) is 0 Å². The number of hydrogen-bond donors (Lipinski definition) is 2. The first-order valence-electron chi connectivity index (χ1n) is 10.3. The van der Waals surface area contributed by atoms with Crippen LogP contribution >= 0.6 is 0 Å². The van der Waals surface area contributed by atoms with Gasteiger partial charge in [0.15, 0.2) is 5.96 Å². The first-order valence-corrected chi connectivity index (χ1v) is 10.3. The molecule has 26 heavy (non-hydrogen) atoms. The Labute approximate surface area is 156 Å². The largest absolute Gasteiger partial charge is 0.357 e. The Kier molecular flexibility index (Phi) is 5.16. The average molecular weight is 360 g/mol. The van der Waals surface area contributed by atoms with Gasteiger partial charge in [0.2, 0.25) is 0 Å². The van der Waals surface area contributed by atoms with Crippen LogP contribution in [0.1, 0.15) is 51.2 Å². The monoisotopic (exact) mass is 359 g/mol. The van der Waals surface area contributed by atoms with E-state index in [0.29, 0.717) is 18.0 Å². The molecule has 1 saturated carbocycles. The average Bonchev–Trinajstić information content (AvgIpc) is 3.32. The molecule has 0 aromatic carbocycles. The molecule has 2 fully saturated rings. The Hall–Kier alpha value is -1.63. The molecule has 0 amide bonds. The molecule has 0 radical (unpaired) electrons. The van der Waals surface area contributed by atoms with Gasteiger partial charge in [0, 0.05) is 50.7 Å². The SMILES string of the molecule is CCNC(=NCC1CCc2nnc(C)n2C1)NC1CC(C)N(C2CC2)C1. The molecular formula is C19H33N7. The number of nitrogens with zero attached hydrogens (tertiary/aromatic N) is 5. The highest BCUT2D eigenvalue weighted by atomic mass is 15.3. The number of nitrogens with one attached hydrogen (secondary N) is 2. The van der Waals surface area contributed by atoms with Crippen molar-refractivity contribution >= 4 is 5.96 Å². The van der Waals surface area contributed by atoms with Crippen molar-refractivity contribution in [1.82, 2.24) is 30.3 Å². The summed E-state index contributed by atoms with van der Waals surface area (Å²) in [7, 11) is 0. The van der Waals surface area contributed by atoms with E-state index in [1.54, 1.807) is 0 Å². The number of fused-ring (bicyclic) bond motifs is 1. The summed E-state index contributed by atoms with van der Waals surface area (Å²) in [5.41, 5.74) is 0. The maximum atomic E-state index is 4.92. The van der Waals surface area contributed by atoms with Crippen LogP contribution in [0.2, 0.25) is 0 Å². The highest BCUT2D eigenvalue weighted by Crippen LogP contribution is 2.33. The van der Waals surface area contributed by atoms with Gasteiger partial charge in [-0.25, -0.2) is 0 Å².